The van der Waals surface area contributed by atoms with E-state index in [0.29, 0.717) is 12.3 Å². The first-order valence-electron chi connectivity index (χ1n) is 2.93. The first kappa shape index (κ1) is 8.96. The number of pyridine rings is 1. The monoisotopic (exact) mass is 182 g/mol. The van der Waals surface area contributed by atoms with E-state index in [0.717, 1.165) is 0 Å². The summed E-state index contributed by atoms with van der Waals surface area (Å²) in [5.74, 6) is -3.45. The lowest BCUT2D eigenvalue weighted by molar-refractivity contribution is 0.479. The molecule has 1 heterocycles. The molecule has 0 N–H and O–H groups in total. The summed E-state index contributed by atoms with van der Waals surface area (Å²) in [6.07, 6.45) is 0.635. The van der Waals surface area contributed by atoms with Gasteiger partial charge < -0.3 is 12.9 Å². The summed E-state index contributed by atoms with van der Waals surface area (Å²) in [5.41, 5.74) is -1.89. The van der Waals surface area contributed by atoms with Gasteiger partial charge in [0.2, 0.25) is 0 Å². The number of rotatable bonds is 1. The summed E-state index contributed by atoms with van der Waals surface area (Å²) in [6, 6.07) is 0.466. The first-order valence-corrected chi connectivity index (χ1v) is 2.93. The van der Waals surface area contributed by atoms with Gasteiger partial charge in [-0.3, -0.25) is 0 Å². The molecular formula is C5H2BF5N-. The number of halogens is 5. The van der Waals surface area contributed by atoms with E-state index in [1.165, 1.54) is 0 Å². The molecule has 1 nitrogen and oxygen atoms in total. The highest BCUT2D eigenvalue weighted by atomic mass is 19.4. The minimum Gasteiger partial charge on any atom is -0.445 e. The van der Waals surface area contributed by atoms with Crippen LogP contribution in [0.2, 0.25) is 0 Å². The van der Waals surface area contributed by atoms with Gasteiger partial charge in [-0.2, -0.15) is 4.39 Å². The molecule has 0 aromatic carbocycles. The van der Waals surface area contributed by atoms with Crippen molar-refractivity contribution in [2.45, 2.75) is 0 Å². The lowest BCUT2D eigenvalue weighted by Gasteiger charge is -2.15. The minimum atomic E-state index is -5.67. The number of aromatic nitrogens is 1. The van der Waals surface area contributed by atoms with E-state index in [-0.39, 0.29) is 0 Å². The average Bonchev–Trinajstić information content (AvgIpc) is 1.82. The Balaban J connectivity index is 3.31. The molecule has 1 aromatic heterocycles. The van der Waals surface area contributed by atoms with Crippen molar-refractivity contribution in [2.75, 3.05) is 0 Å². The maximum atomic E-state index is 12.4. The molecule has 1 rings (SSSR count). The highest BCUT2D eigenvalue weighted by Crippen LogP contribution is 2.12. The molecule has 0 spiro atoms. The van der Waals surface area contributed by atoms with Gasteiger partial charge in [0.05, 0.1) is 0 Å². The molecule has 0 amide bonds. The van der Waals surface area contributed by atoms with Gasteiger partial charge in [0.1, 0.15) is 5.82 Å². The molecule has 0 aliphatic heterocycles. The molecule has 0 unspecified atom stereocenters. The fraction of sp³-hybridized carbons (Fsp3) is 0. The van der Waals surface area contributed by atoms with Gasteiger partial charge in [-0.15, -0.1) is 0 Å². The van der Waals surface area contributed by atoms with Crippen molar-refractivity contribution in [2.24, 2.45) is 0 Å². The summed E-state index contributed by atoms with van der Waals surface area (Å²) in [6.45, 7) is -5.67. The highest BCUT2D eigenvalue weighted by Gasteiger charge is 2.32. The van der Waals surface area contributed by atoms with Crippen LogP contribution >= 0.6 is 0 Å². The van der Waals surface area contributed by atoms with Crippen molar-refractivity contribution in [3.05, 3.63) is 24.0 Å². The third kappa shape index (κ3) is 1.54. The average molecular weight is 182 g/mol. The number of hydrogen-bond acceptors (Lipinski definition) is 1. The van der Waals surface area contributed by atoms with Crippen molar-refractivity contribution in [1.82, 2.24) is 4.98 Å². The molecule has 0 radical (unpaired) electrons. The zero-order valence-electron chi connectivity index (χ0n) is 5.57. The maximum absolute atomic E-state index is 12.4. The molecule has 0 fully saturated rings. The molecule has 0 atom stereocenters. The second kappa shape index (κ2) is 2.73. The van der Waals surface area contributed by atoms with Crippen molar-refractivity contribution in [1.29, 1.82) is 0 Å². The number of nitrogens with zero attached hydrogens (tertiary/aromatic N) is 1. The molecule has 0 saturated heterocycles. The Morgan fingerprint density at radius 1 is 1.17 bits per heavy atom. The Kier molecular flexibility index (Phi) is 2.03. The summed E-state index contributed by atoms with van der Waals surface area (Å²) >= 11 is 0. The van der Waals surface area contributed by atoms with Crippen LogP contribution in [0.3, 0.4) is 0 Å². The van der Waals surface area contributed by atoms with E-state index >= 15 is 0 Å². The Hall–Kier alpha value is -1.14. The van der Waals surface area contributed by atoms with E-state index in [1.54, 1.807) is 0 Å². The zero-order valence-corrected chi connectivity index (χ0v) is 5.57. The maximum Gasteiger partial charge on any atom is 0.517 e. The molecule has 12 heavy (non-hydrogen) atoms. The predicted molar refractivity (Wildman–Crippen MR) is 32.9 cm³/mol. The van der Waals surface area contributed by atoms with Gasteiger partial charge >= 0.3 is 6.98 Å². The van der Waals surface area contributed by atoms with Gasteiger partial charge in [-0.25, -0.2) is 9.37 Å². The van der Waals surface area contributed by atoms with E-state index < -0.39 is 24.2 Å². The van der Waals surface area contributed by atoms with Crippen LogP contribution in [0.25, 0.3) is 0 Å². The van der Waals surface area contributed by atoms with Gasteiger partial charge in [0.15, 0.2) is 5.95 Å². The lowest BCUT2D eigenvalue weighted by Crippen LogP contribution is -2.40. The topological polar surface area (TPSA) is 12.9 Å². The van der Waals surface area contributed by atoms with E-state index in [9.17, 15) is 21.7 Å². The quantitative estimate of drug-likeness (QED) is 0.363. The first-order chi connectivity index (χ1) is 5.43. The fourth-order valence-electron chi connectivity index (χ4n) is 0.717. The second-order valence-corrected chi connectivity index (χ2v) is 2.07. The van der Waals surface area contributed by atoms with Crippen LogP contribution in [0, 0.1) is 11.8 Å². The van der Waals surface area contributed by atoms with Crippen molar-refractivity contribution in [3.8, 4) is 0 Å². The van der Waals surface area contributed by atoms with E-state index in [2.05, 4.69) is 4.98 Å². The van der Waals surface area contributed by atoms with Crippen LogP contribution in [0.5, 0.6) is 0 Å². The molecule has 0 aliphatic rings. The van der Waals surface area contributed by atoms with Crippen LogP contribution < -0.4 is 5.46 Å². The normalized spacial score (nSPS) is 11.8. The molecular weight excluding hydrogens is 180 g/mol. The molecule has 0 bridgehead atoms. The highest BCUT2D eigenvalue weighted by molar-refractivity contribution is 6.73. The molecule has 66 valence electrons. The van der Waals surface area contributed by atoms with E-state index in [1.807, 2.05) is 0 Å². The smallest absolute Gasteiger partial charge is 0.445 e. The number of hydrogen-bond donors (Lipinski definition) is 0. The van der Waals surface area contributed by atoms with Crippen molar-refractivity contribution >= 4 is 12.4 Å². The van der Waals surface area contributed by atoms with Gasteiger partial charge in [0, 0.05) is 6.20 Å². The molecule has 0 saturated carbocycles. The van der Waals surface area contributed by atoms with Crippen molar-refractivity contribution < 1.29 is 21.7 Å². The summed E-state index contributed by atoms with van der Waals surface area (Å²) < 4.78 is 60.2. The van der Waals surface area contributed by atoms with Crippen LogP contribution in [-0.4, -0.2) is 12.0 Å². The fourth-order valence-corrected chi connectivity index (χ4v) is 0.717. The van der Waals surface area contributed by atoms with E-state index in [4.69, 9.17) is 0 Å². The Labute approximate surface area is 64.3 Å². The molecule has 1 aromatic rings. The third-order valence-corrected chi connectivity index (χ3v) is 1.22. The second-order valence-electron chi connectivity index (χ2n) is 2.07. The standard InChI is InChI=1S/C5H2BF5N/c7-3-1-2-12-5(8)4(3)6(9,10)11/h1-2H/q-1. The molecule has 0 aliphatic carbocycles. The van der Waals surface area contributed by atoms with Crippen LogP contribution in [0.4, 0.5) is 21.7 Å². The SMILES string of the molecule is Fc1ccnc(F)c1[B-](F)(F)F. The minimum absolute atomic E-state index is 0.466. The zero-order chi connectivity index (χ0) is 9.35. The Morgan fingerprint density at radius 3 is 2.08 bits per heavy atom. The van der Waals surface area contributed by atoms with Gasteiger partial charge in [-0.1, -0.05) is 0 Å². The predicted octanol–water partition coefficient (Wildman–Crippen LogP) is 1.41. The summed E-state index contributed by atoms with van der Waals surface area (Å²) in [4.78, 5) is 2.70. The largest absolute Gasteiger partial charge is 0.517 e. The summed E-state index contributed by atoms with van der Waals surface area (Å²) in [7, 11) is 0. The Bertz CT molecular complexity index is 276. The van der Waals surface area contributed by atoms with Gasteiger partial charge in [0.25, 0.3) is 0 Å². The van der Waals surface area contributed by atoms with Gasteiger partial charge in [-0.05, 0) is 11.5 Å². The Morgan fingerprint density at radius 2 is 1.75 bits per heavy atom. The third-order valence-electron chi connectivity index (χ3n) is 1.22. The lowest BCUT2D eigenvalue weighted by atomic mass is 9.80. The van der Waals surface area contributed by atoms with Crippen LogP contribution in [0.15, 0.2) is 12.3 Å². The van der Waals surface area contributed by atoms with Crippen molar-refractivity contribution in [3.63, 3.8) is 0 Å². The van der Waals surface area contributed by atoms with Crippen LogP contribution in [-0.2, 0) is 0 Å². The van der Waals surface area contributed by atoms with Crippen LogP contribution in [0.1, 0.15) is 0 Å². The molecule has 7 heteroatoms. The summed E-state index contributed by atoms with van der Waals surface area (Å²) in [5, 5.41) is 0.